The third kappa shape index (κ3) is 7.60. The number of morpholine rings is 1. The molecule has 1 saturated heterocycles. The van der Waals surface area contributed by atoms with E-state index in [0.29, 0.717) is 25.4 Å². The molecule has 3 rings (SSSR count). The van der Waals surface area contributed by atoms with Crippen LogP contribution in [0.4, 0.5) is 18.9 Å². The molecule has 1 atom stereocenters. The van der Waals surface area contributed by atoms with E-state index in [1.54, 1.807) is 11.3 Å². The van der Waals surface area contributed by atoms with Crippen LogP contribution in [0, 0.1) is 6.92 Å². The van der Waals surface area contributed by atoms with Crippen LogP contribution >= 0.6 is 35.3 Å². The van der Waals surface area contributed by atoms with E-state index in [-0.39, 0.29) is 41.7 Å². The van der Waals surface area contributed by atoms with E-state index in [4.69, 9.17) is 10.5 Å². The molecule has 11 heteroatoms. The first kappa shape index (κ1) is 24.7. The van der Waals surface area contributed by atoms with E-state index >= 15 is 0 Å². The number of ether oxygens (including phenoxy) is 2. The smallest absolute Gasteiger partial charge is 0.406 e. The number of nitrogens with zero attached hydrogens (tertiary/aromatic N) is 2. The molecule has 6 nitrogen and oxygen atoms in total. The van der Waals surface area contributed by atoms with Gasteiger partial charge in [-0.1, -0.05) is 0 Å². The van der Waals surface area contributed by atoms with Crippen LogP contribution in [0.15, 0.2) is 41.4 Å². The Morgan fingerprint density at radius 2 is 1.90 bits per heavy atom. The molecule has 0 aliphatic carbocycles. The lowest BCUT2D eigenvalue weighted by atomic mass is 10.2. The molecule has 30 heavy (non-hydrogen) atoms. The Bertz CT molecular complexity index is 824. The number of benzene rings is 1. The van der Waals surface area contributed by atoms with Gasteiger partial charge in [0.2, 0.25) is 0 Å². The minimum Gasteiger partial charge on any atom is -0.406 e. The molecule has 2 heterocycles. The van der Waals surface area contributed by atoms with Crippen LogP contribution in [0.2, 0.25) is 0 Å². The molecule has 0 radical (unpaired) electrons. The molecule has 1 aromatic heterocycles. The van der Waals surface area contributed by atoms with Crippen molar-refractivity contribution in [2.75, 3.05) is 38.2 Å². The van der Waals surface area contributed by atoms with E-state index in [0.717, 1.165) is 13.1 Å². The Morgan fingerprint density at radius 1 is 1.23 bits per heavy atom. The van der Waals surface area contributed by atoms with Gasteiger partial charge in [-0.3, -0.25) is 9.89 Å². The molecule has 1 unspecified atom stereocenters. The number of hydrogen-bond donors (Lipinski definition) is 2. The van der Waals surface area contributed by atoms with Gasteiger partial charge in [0.1, 0.15) is 5.75 Å². The van der Waals surface area contributed by atoms with Crippen LogP contribution in [0.5, 0.6) is 5.75 Å². The van der Waals surface area contributed by atoms with Gasteiger partial charge in [0, 0.05) is 28.5 Å². The van der Waals surface area contributed by atoms with Gasteiger partial charge in [-0.15, -0.1) is 48.5 Å². The Hall–Kier alpha value is -1.57. The van der Waals surface area contributed by atoms with Crippen LogP contribution in [0.25, 0.3) is 0 Å². The summed E-state index contributed by atoms with van der Waals surface area (Å²) >= 11 is 1.73. The zero-order valence-corrected chi connectivity index (χ0v) is 19.5. The molecule has 1 aliphatic rings. The highest BCUT2D eigenvalue weighted by atomic mass is 127. The lowest BCUT2D eigenvalue weighted by Crippen LogP contribution is -2.40. The van der Waals surface area contributed by atoms with Gasteiger partial charge in [0.15, 0.2) is 5.96 Å². The third-order valence-electron chi connectivity index (χ3n) is 4.37. The molecule has 1 fully saturated rings. The number of rotatable bonds is 6. The predicted molar refractivity (Wildman–Crippen MR) is 123 cm³/mol. The second-order valence-corrected chi connectivity index (χ2v) is 7.86. The minimum atomic E-state index is -4.72. The number of nitrogens with two attached hydrogens (primary N) is 1. The van der Waals surface area contributed by atoms with Gasteiger partial charge in [-0.25, -0.2) is 0 Å². The largest absolute Gasteiger partial charge is 0.573 e. The highest BCUT2D eigenvalue weighted by molar-refractivity contribution is 14.0. The fraction of sp³-hybridized carbons (Fsp3) is 0.421. The summed E-state index contributed by atoms with van der Waals surface area (Å²) < 4.78 is 46.0. The van der Waals surface area contributed by atoms with E-state index in [9.17, 15) is 13.2 Å². The number of aryl methyl sites for hydroxylation is 1. The second-order valence-electron chi connectivity index (χ2n) is 6.54. The van der Waals surface area contributed by atoms with Crippen LogP contribution in [0.1, 0.15) is 15.8 Å². The number of guanidine groups is 1. The van der Waals surface area contributed by atoms with E-state index < -0.39 is 6.36 Å². The number of anilines is 1. The summed E-state index contributed by atoms with van der Waals surface area (Å²) in [6.45, 7) is 5.55. The number of aliphatic imine (C=N–C) groups is 1. The zero-order chi connectivity index (χ0) is 20.9. The number of hydrogen-bond acceptors (Lipinski definition) is 5. The van der Waals surface area contributed by atoms with Crippen molar-refractivity contribution in [3.8, 4) is 5.75 Å². The van der Waals surface area contributed by atoms with Crippen LogP contribution in [-0.4, -0.2) is 50.1 Å². The molecule has 3 N–H and O–H groups in total. The molecule has 0 amide bonds. The summed E-state index contributed by atoms with van der Waals surface area (Å²) in [4.78, 5) is 9.24. The van der Waals surface area contributed by atoms with E-state index in [1.807, 2.05) is 0 Å². The fourth-order valence-corrected chi connectivity index (χ4v) is 4.02. The van der Waals surface area contributed by atoms with Crippen molar-refractivity contribution in [1.82, 2.24) is 4.90 Å². The summed E-state index contributed by atoms with van der Waals surface area (Å²) in [6, 6.07) is 9.63. The first-order chi connectivity index (χ1) is 13.8. The summed E-state index contributed by atoms with van der Waals surface area (Å²) in [5, 5.41) is 2.90. The summed E-state index contributed by atoms with van der Waals surface area (Å²) in [6.07, 6.45) is -4.72. The number of thiophene rings is 1. The van der Waals surface area contributed by atoms with Crippen LogP contribution in [0.3, 0.4) is 0 Å². The normalized spacial score (nSPS) is 16.6. The van der Waals surface area contributed by atoms with Gasteiger partial charge < -0.3 is 20.5 Å². The van der Waals surface area contributed by atoms with E-state index in [2.05, 4.69) is 39.0 Å². The Balaban J connectivity index is 0.00000320. The molecule has 0 saturated carbocycles. The maximum Gasteiger partial charge on any atom is 0.573 e. The third-order valence-corrected chi connectivity index (χ3v) is 5.47. The summed E-state index contributed by atoms with van der Waals surface area (Å²) in [7, 11) is 0. The highest BCUT2D eigenvalue weighted by Crippen LogP contribution is 2.29. The molecule has 166 valence electrons. The number of halogens is 4. The topological polar surface area (TPSA) is 72.1 Å². The second kappa shape index (κ2) is 11.2. The van der Waals surface area contributed by atoms with Crippen molar-refractivity contribution in [3.63, 3.8) is 0 Å². The maximum atomic E-state index is 12.2. The van der Waals surface area contributed by atoms with Crippen LogP contribution in [-0.2, 0) is 4.74 Å². The first-order valence-corrected chi connectivity index (χ1v) is 9.93. The van der Waals surface area contributed by atoms with Crippen molar-refractivity contribution >= 4 is 47.0 Å². The fourth-order valence-electron chi connectivity index (χ4n) is 3.02. The zero-order valence-electron chi connectivity index (χ0n) is 16.3. The van der Waals surface area contributed by atoms with Gasteiger partial charge in [0.25, 0.3) is 0 Å². The van der Waals surface area contributed by atoms with E-state index in [1.165, 1.54) is 34.0 Å². The molecule has 1 aromatic carbocycles. The Labute approximate surface area is 194 Å². The van der Waals surface area contributed by atoms with Crippen LogP contribution < -0.4 is 15.8 Å². The first-order valence-electron chi connectivity index (χ1n) is 9.11. The van der Waals surface area contributed by atoms with Gasteiger partial charge in [-0.05, 0) is 43.3 Å². The summed E-state index contributed by atoms with van der Waals surface area (Å²) in [5.41, 5.74) is 6.52. The standard InChI is InChI=1S/C19H23F3N4O2S.HI/c1-13-2-7-17(29-13)16(26-8-10-27-11-9-26)12-24-18(23)25-14-3-5-15(6-4-14)28-19(20,21)22;/h2-7,16H,8-12H2,1H3,(H3,23,24,25);1H. The molecule has 0 spiro atoms. The molecule has 2 aromatic rings. The lowest BCUT2D eigenvalue weighted by Gasteiger charge is -2.33. The van der Waals surface area contributed by atoms with Crippen molar-refractivity contribution in [2.24, 2.45) is 10.7 Å². The van der Waals surface area contributed by atoms with Crippen molar-refractivity contribution in [1.29, 1.82) is 0 Å². The SMILES string of the molecule is Cc1ccc(C(CN=C(N)Nc2ccc(OC(F)(F)F)cc2)N2CCOCC2)s1.I. The molecule has 1 aliphatic heterocycles. The molecular weight excluding hydrogens is 532 g/mol. The van der Waals surface area contributed by atoms with Gasteiger partial charge in [-0.2, -0.15) is 0 Å². The van der Waals surface area contributed by atoms with Crippen molar-refractivity contribution < 1.29 is 22.6 Å². The number of nitrogens with one attached hydrogen (secondary N) is 1. The molecular formula is C19H24F3IN4O2S. The maximum absolute atomic E-state index is 12.2. The Morgan fingerprint density at radius 3 is 2.47 bits per heavy atom. The predicted octanol–water partition coefficient (Wildman–Crippen LogP) is 4.37. The molecule has 0 bridgehead atoms. The Kier molecular flexibility index (Phi) is 9.19. The number of alkyl halides is 3. The quantitative estimate of drug-likeness (QED) is 0.314. The summed E-state index contributed by atoms with van der Waals surface area (Å²) in [5.74, 6) is -0.0972. The van der Waals surface area contributed by atoms with Gasteiger partial charge >= 0.3 is 6.36 Å². The lowest BCUT2D eigenvalue weighted by molar-refractivity contribution is -0.274. The highest BCUT2D eigenvalue weighted by Gasteiger charge is 2.31. The van der Waals surface area contributed by atoms with Gasteiger partial charge in [0.05, 0.1) is 25.8 Å². The minimum absolute atomic E-state index is 0. The average molecular weight is 556 g/mol. The van der Waals surface area contributed by atoms with Crippen molar-refractivity contribution in [3.05, 3.63) is 46.2 Å². The average Bonchev–Trinajstić information content (AvgIpc) is 3.09. The van der Waals surface area contributed by atoms with Crippen molar-refractivity contribution in [2.45, 2.75) is 19.3 Å². The monoisotopic (exact) mass is 556 g/mol.